The molecule has 1 aliphatic rings. The minimum atomic E-state index is -1.64. The van der Waals surface area contributed by atoms with E-state index >= 15 is 0 Å². The molecule has 0 bridgehead atoms. The number of unbranched alkanes of at least 4 members (excludes halogenated alkanes) is 6. The summed E-state index contributed by atoms with van der Waals surface area (Å²) in [6.07, 6.45) is 11.4. The zero-order valence-electron chi connectivity index (χ0n) is 22.7. The van der Waals surface area contributed by atoms with E-state index in [0.29, 0.717) is 0 Å². The molecule has 2 aromatic heterocycles. The van der Waals surface area contributed by atoms with Crippen LogP contribution in [0.3, 0.4) is 0 Å². The number of fused-ring (bicyclic) bond motifs is 3. The third kappa shape index (κ3) is 5.60. The van der Waals surface area contributed by atoms with Gasteiger partial charge in [0, 0.05) is 11.1 Å². The third-order valence-electron chi connectivity index (χ3n) is 6.80. The average molecular weight is 533 g/mol. The fraction of sp³-hybridized carbons (Fsp3) is 0.643. The van der Waals surface area contributed by atoms with Crippen molar-refractivity contribution in [3.63, 3.8) is 0 Å². The molecule has 2 aromatic rings. The Morgan fingerprint density at radius 2 is 0.912 bits per heavy atom. The summed E-state index contributed by atoms with van der Waals surface area (Å²) < 4.78 is 2.88. The predicted octanol–water partition coefficient (Wildman–Crippen LogP) is 8.19. The molecule has 6 heteroatoms. The molecule has 0 fully saturated rings. The lowest BCUT2D eigenvalue weighted by Crippen LogP contribution is -2.38. The highest BCUT2D eigenvalue weighted by atomic mass is 32.1. The van der Waals surface area contributed by atoms with Crippen LogP contribution < -0.4 is 9.00 Å². The van der Waals surface area contributed by atoms with Crippen molar-refractivity contribution in [3.8, 4) is 9.75 Å². The van der Waals surface area contributed by atoms with E-state index in [0.717, 1.165) is 46.6 Å². The van der Waals surface area contributed by atoms with Gasteiger partial charge >= 0.3 is 0 Å². The van der Waals surface area contributed by atoms with Gasteiger partial charge in [0.25, 0.3) is 0 Å². The van der Waals surface area contributed by atoms with Gasteiger partial charge < -0.3 is 0 Å². The molecule has 0 aliphatic heterocycles. The number of thiophene rings is 2. The first-order chi connectivity index (χ1) is 15.9. The van der Waals surface area contributed by atoms with Crippen LogP contribution in [-0.2, 0) is 12.8 Å². The first kappa shape index (κ1) is 27.8. The maximum absolute atomic E-state index is 13.7. The van der Waals surface area contributed by atoms with Crippen molar-refractivity contribution >= 4 is 59.4 Å². The van der Waals surface area contributed by atoms with E-state index in [1.165, 1.54) is 58.7 Å². The monoisotopic (exact) mass is 532 g/mol. The van der Waals surface area contributed by atoms with Crippen molar-refractivity contribution in [1.82, 2.24) is 0 Å². The highest BCUT2D eigenvalue weighted by Gasteiger charge is 2.42. The third-order valence-corrected chi connectivity index (χ3v) is 16.7. The standard InChI is InChI=1S/C28H44O2S2Si2/c1-9-11-13-15-17-19-21-23(29)24(30)22-20(18-16-14-12-10-2)28(34(6,7)8)32-26(22)25(21)31-27(19)33(3,4)5/h9-18H2,1-8H3. The summed E-state index contributed by atoms with van der Waals surface area (Å²) in [5.41, 5.74) is 4.04. The molecule has 3 rings (SSSR count). The molecular formula is C28H44O2S2Si2. The first-order valence-electron chi connectivity index (χ1n) is 13.3. The zero-order chi connectivity index (χ0) is 25.3. The lowest BCUT2D eigenvalue weighted by molar-refractivity contribution is 0.0815. The molecule has 0 amide bonds. The quantitative estimate of drug-likeness (QED) is 0.157. The Bertz CT molecular complexity index is 964. The fourth-order valence-electron chi connectivity index (χ4n) is 5.10. The first-order valence-corrected chi connectivity index (χ1v) is 22.0. The van der Waals surface area contributed by atoms with Crippen LogP contribution in [0.5, 0.6) is 0 Å². The van der Waals surface area contributed by atoms with E-state index in [1.807, 2.05) is 22.7 Å². The second-order valence-corrected chi connectivity index (χ2v) is 24.8. The van der Waals surface area contributed by atoms with Crippen molar-refractivity contribution in [2.45, 2.75) is 117 Å². The van der Waals surface area contributed by atoms with Crippen LogP contribution in [0.4, 0.5) is 0 Å². The highest BCUT2D eigenvalue weighted by Crippen LogP contribution is 2.45. The molecule has 0 radical (unpaired) electrons. The average Bonchev–Trinajstić information content (AvgIpc) is 3.32. The summed E-state index contributed by atoms with van der Waals surface area (Å²) in [7, 11) is -3.28. The lowest BCUT2D eigenvalue weighted by Gasteiger charge is -2.19. The maximum atomic E-state index is 13.7. The van der Waals surface area contributed by atoms with E-state index < -0.39 is 16.1 Å². The fourth-order valence-corrected chi connectivity index (χ4v) is 12.8. The zero-order valence-corrected chi connectivity index (χ0v) is 26.3. The molecule has 2 nitrogen and oxygen atoms in total. The summed E-state index contributed by atoms with van der Waals surface area (Å²) in [6.45, 7) is 18.8. The Balaban J connectivity index is 2.17. The minimum absolute atomic E-state index is 0.219. The molecule has 0 saturated heterocycles. The van der Waals surface area contributed by atoms with Gasteiger partial charge in [0.05, 0.1) is 25.9 Å². The van der Waals surface area contributed by atoms with E-state index in [1.54, 1.807) is 0 Å². The largest absolute Gasteiger partial charge is 0.285 e. The van der Waals surface area contributed by atoms with Crippen molar-refractivity contribution in [2.75, 3.05) is 0 Å². The Labute approximate surface area is 217 Å². The second kappa shape index (κ2) is 11.1. The van der Waals surface area contributed by atoms with E-state index in [4.69, 9.17) is 0 Å². The molecule has 188 valence electrons. The van der Waals surface area contributed by atoms with Crippen LogP contribution in [0.25, 0.3) is 9.75 Å². The van der Waals surface area contributed by atoms with Crippen molar-refractivity contribution in [3.05, 3.63) is 22.3 Å². The van der Waals surface area contributed by atoms with Crippen LogP contribution >= 0.6 is 22.7 Å². The van der Waals surface area contributed by atoms with Gasteiger partial charge in [0.15, 0.2) is 0 Å². The number of rotatable bonds is 12. The lowest BCUT2D eigenvalue weighted by atomic mass is 9.88. The Morgan fingerprint density at radius 1 is 0.559 bits per heavy atom. The predicted molar refractivity (Wildman–Crippen MR) is 158 cm³/mol. The van der Waals surface area contributed by atoms with Gasteiger partial charge in [-0.1, -0.05) is 91.7 Å². The van der Waals surface area contributed by atoms with Crippen LogP contribution in [0.1, 0.15) is 97.1 Å². The second-order valence-electron chi connectivity index (χ2n) is 12.0. The molecule has 0 N–H and O–H groups in total. The van der Waals surface area contributed by atoms with Crippen molar-refractivity contribution in [2.24, 2.45) is 0 Å². The summed E-state index contributed by atoms with van der Waals surface area (Å²) in [5.74, 6) is -0.438. The highest BCUT2D eigenvalue weighted by molar-refractivity contribution is 7.35. The Kier molecular flexibility index (Phi) is 9.03. The van der Waals surface area contributed by atoms with Gasteiger partial charge in [-0.2, -0.15) is 0 Å². The number of hydrogen-bond donors (Lipinski definition) is 0. The smallest absolute Gasteiger partial charge is 0.235 e. The van der Waals surface area contributed by atoms with Crippen LogP contribution in [0.15, 0.2) is 0 Å². The van der Waals surface area contributed by atoms with Gasteiger partial charge in [-0.25, -0.2) is 0 Å². The van der Waals surface area contributed by atoms with Crippen LogP contribution in [0, 0.1) is 0 Å². The van der Waals surface area contributed by atoms with E-state index in [-0.39, 0.29) is 11.6 Å². The van der Waals surface area contributed by atoms with Crippen LogP contribution in [-0.4, -0.2) is 27.7 Å². The molecule has 0 saturated carbocycles. The number of ketones is 2. The SMILES string of the molecule is CCCCCCc1c([Si](C)(C)C)sc2c1C(=O)C(=O)c1c-2sc([Si](C)(C)C)c1CCCCCC. The van der Waals surface area contributed by atoms with Gasteiger partial charge in [-0.05, 0) is 45.8 Å². The van der Waals surface area contributed by atoms with Crippen molar-refractivity contribution in [1.29, 1.82) is 0 Å². The number of Topliss-reactive ketones (excluding diaryl/α,β-unsaturated/α-hetero) is 2. The van der Waals surface area contributed by atoms with E-state index in [2.05, 4.69) is 53.1 Å². The summed E-state index contributed by atoms with van der Waals surface area (Å²) in [4.78, 5) is 29.7. The van der Waals surface area contributed by atoms with Crippen molar-refractivity contribution < 1.29 is 9.59 Å². The molecule has 2 heterocycles. The number of carbonyl (C=O) groups excluding carboxylic acids is 2. The molecular weight excluding hydrogens is 489 g/mol. The van der Waals surface area contributed by atoms with Gasteiger partial charge in [0.1, 0.15) is 0 Å². The normalized spacial score (nSPS) is 14.0. The Hall–Kier alpha value is -0.826. The summed E-state index contributed by atoms with van der Waals surface area (Å²) >= 11 is 3.72. The minimum Gasteiger partial charge on any atom is -0.285 e. The van der Waals surface area contributed by atoms with Gasteiger partial charge in [-0.15, -0.1) is 22.7 Å². The van der Waals surface area contributed by atoms with E-state index in [9.17, 15) is 9.59 Å². The Morgan fingerprint density at radius 3 is 1.21 bits per heavy atom. The van der Waals surface area contributed by atoms with Crippen LogP contribution in [0.2, 0.25) is 39.3 Å². The molecule has 0 atom stereocenters. The summed E-state index contributed by atoms with van der Waals surface area (Å²) in [6, 6.07) is 0. The number of carbonyl (C=O) groups is 2. The number of hydrogen-bond acceptors (Lipinski definition) is 4. The molecule has 34 heavy (non-hydrogen) atoms. The maximum Gasteiger partial charge on any atom is 0.235 e. The summed E-state index contributed by atoms with van der Waals surface area (Å²) in [5, 5.41) is 0. The topological polar surface area (TPSA) is 34.1 Å². The molecule has 1 aliphatic carbocycles. The van der Waals surface area contributed by atoms with Gasteiger partial charge in [0.2, 0.25) is 11.6 Å². The molecule has 0 unspecified atom stereocenters. The molecule has 0 spiro atoms. The molecule has 0 aromatic carbocycles. The van der Waals surface area contributed by atoms with Gasteiger partial charge in [-0.3, -0.25) is 9.59 Å².